The molecule has 0 saturated carbocycles. The molecule has 5 nitrogen and oxygen atoms in total. The van der Waals surface area contributed by atoms with E-state index < -0.39 is 11.9 Å². The van der Waals surface area contributed by atoms with Crippen molar-refractivity contribution in [2.75, 3.05) is 6.61 Å². The summed E-state index contributed by atoms with van der Waals surface area (Å²) in [5, 5.41) is 25.6. The van der Waals surface area contributed by atoms with Crippen molar-refractivity contribution in [2.45, 2.75) is 13.3 Å². The normalized spacial score (nSPS) is 12.7. The fraction of sp³-hybridized carbons (Fsp3) is 0.333. The highest BCUT2D eigenvalue weighted by molar-refractivity contribution is 5.94. The second-order valence-corrected chi connectivity index (χ2v) is 2.61. The summed E-state index contributed by atoms with van der Waals surface area (Å²) < 4.78 is 0. The number of aliphatic hydroxyl groups is 1. The van der Waals surface area contributed by atoms with Crippen LogP contribution in [0, 0.1) is 0 Å². The lowest BCUT2D eigenvalue weighted by Gasteiger charge is -1.96. The van der Waals surface area contributed by atoms with E-state index in [0.29, 0.717) is 0 Å². The number of carbonyl (C=O) groups is 2. The first-order chi connectivity index (χ1) is 6.49. The molecule has 0 aliphatic heterocycles. The van der Waals surface area contributed by atoms with E-state index in [2.05, 4.69) is 0 Å². The van der Waals surface area contributed by atoms with Crippen molar-refractivity contribution < 1.29 is 24.9 Å². The number of carboxylic acids is 2. The Balaban J connectivity index is 4.77. The maximum absolute atomic E-state index is 10.6. The highest BCUT2D eigenvalue weighted by Crippen LogP contribution is 2.04. The van der Waals surface area contributed by atoms with E-state index in [1.54, 1.807) is 0 Å². The minimum Gasteiger partial charge on any atom is -0.478 e. The van der Waals surface area contributed by atoms with Gasteiger partial charge in [-0.15, -0.1) is 0 Å². The van der Waals surface area contributed by atoms with Crippen LogP contribution in [0.1, 0.15) is 13.3 Å². The van der Waals surface area contributed by atoms with Crippen molar-refractivity contribution in [2.24, 2.45) is 0 Å². The van der Waals surface area contributed by atoms with Crippen molar-refractivity contribution in [1.82, 2.24) is 0 Å². The number of hydrogen-bond donors (Lipinski definition) is 3. The Morgan fingerprint density at radius 2 is 1.79 bits per heavy atom. The molecule has 5 heteroatoms. The molecule has 78 valence electrons. The van der Waals surface area contributed by atoms with Gasteiger partial charge in [0.15, 0.2) is 0 Å². The van der Waals surface area contributed by atoms with E-state index in [1.165, 1.54) is 13.0 Å². The fourth-order valence-electron chi connectivity index (χ4n) is 0.723. The molecular weight excluding hydrogens is 188 g/mol. The molecule has 0 bridgehead atoms. The molecule has 0 radical (unpaired) electrons. The van der Waals surface area contributed by atoms with Crippen molar-refractivity contribution in [3.63, 3.8) is 0 Å². The van der Waals surface area contributed by atoms with Gasteiger partial charge in [-0.25, -0.2) is 9.59 Å². The van der Waals surface area contributed by atoms with Gasteiger partial charge in [0.25, 0.3) is 0 Å². The molecule has 0 aromatic heterocycles. The average Bonchev–Trinajstić information content (AvgIpc) is 2.10. The van der Waals surface area contributed by atoms with E-state index in [1.807, 2.05) is 0 Å². The highest BCUT2D eigenvalue weighted by Gasteiger charge is 2.07. The van der Waals surface area contributed by atoms with Gasteiger partial charge in [-0.2, -0.15) is 0 Å². The molecule has 0 heterocycles. The lowest BCUT2D eigenvalue weighted by Crippen LogP contribution is -2.02. The van der Waals surface area contributed by atoms with Gasteiger partial charge in [0.05, 0.1) is 5.57 Å². The monoisotopic (exact) mass is 200 g/mol. The Morgan fingerprint density at radius 3 is 2.14 bits per heavy atom. The molecule has 0 spiro atoms. The molecule has 0 rings (SSSR count). The van der Waals surface area contributed by atoms with E-state index in [9.17, 15) is 9.59 Å². The van der Waals surface area contributed by atoms with Crippen molar-refractivity contribution in [3.8, 4) is 0 Å². The van der Waals surface area contributed by atoms with Gasteiger partial charge in [0.1, 0.15) is 0 Å². The zero-order valence-electron chi connectivity index (χ0n) is 7.73. The summed E-state index contributed by atoms with van der Waals surface area (Å²) >= 11 is 0. The van der Waals surface area contributed by atoms with E-state index in [4.69, 9.17) is 15.3 Å². The molecule has 0 atom stereocenters. The van der Waals surface area contributed by atoms with Gasteiger partial charge in [-0.05, 0) is 19.4 Å². The third-order valence-electron chi connectivity index (χ3n) is 1.45. The molecule has 3 N–H and O–H groups in total. The predicted octanol–water partition coefficient (Wildman–Crippen LogP) is 0.411. The standard InChI is InChI=1S/C9H12O5/c1-6(8(11)12)5-7(9(13)14)3-2-4-10/h3,5,10H,2,4H2,1H3,(H,11,12)(H,13,14). The third kappa shape index (κ3) is 4.42. The molecular formula is C9H12O5. The van der Waals surface area contributed by atoms with Crippen LogP contribution < -0.4 is 0 Å². The van der Waals surface area contributed by atoms with Gasteiger partial charge in [0.2, 0.25) is 0 Å². The van der Waals surface area contributed by atoms with Gasteiger partial charge in [-0.3, -0.25) is 0 Å². The van der Waals surface area contributed by atoms with Crippen molar-refractivity contribution in [3.05, 3.63) is 23.3 Å². The number of aliphatic carboxylic acids is 2. The maximum Gasteiger partial charge on any atom is 0.335 e. The van der Waals surface area contributed by atoms with Crippen LogP contribution in [0.5, 0.6) is 0 Å². The van der Waals surface area contributed by atoms with E-state index in [0.717, 1.165) is 6.08 Å². The number of hydrogen-bond acceptors (Lipinski definition) is 3. The van der Waals surface area contributed by atoms with Crippen LogP contribution >= 0.6 is 0 Å². The minimum atomic E-state index is -1.21. The SMILES string of the molecule is CC(=CC(=CCCO)C(=O)O)C(=O)O. The lowest BCUT2D eigenvalue weighted by atomic mass is 10.1. The second-order valence-electron chi connectivity index (χ2n) is 2.61. The summed E-state index contributed by atoms with van der Waals surface area (Å²) in [4.78, 5) is 21.0. The first kappa shape index (κ1) is 12.4. The number of aliphatic hydroxyl groups excluding tert-OH is 1. The molecule has 0 aromatic rings. The molecule has 0 aliphatic carbocycles. The van der Waals surface area contributed by atoms with Crippen LogP contribution in [0.15, 0.2) is 23.3 Å². The largest absolute Gasteiger partial charge is 0.478 e. The molecule has 0 fully saturated rings. The van der Waals surface area contributed by atoms with Gasteiger partial charge in [0, 0.05) is 12.2 Å². The summed E-state index contributed by atoms with van der Waals surface area (Å²) in [6.07, 6.45) is 2.51. The van der Waals surface area contributed by atoms with E-state index >= 15 is 0 Å². The highest BCUT2D eigenvalue weighted by atomic mass is 16.4. The average molecular weight is 200 g/mol. The van der Waals surface area contributed by atoms with Crippen molar-refractivity contribution >= 4 is 11.9 Å². The molecule has 0 amide bonds. The first-order valence-corrected chi connectivity index (χ1v) is 3.95. The minimum absolute atomic E-state index is 0.0587. The zero-order chi connectivity index (χ0) is 11.1. The Bertz CT molecular complexity index is 288. The van der Waals surface area contributed by atoms with Crippen LogP contribution in [0.3, 0.4) is 0 Å². The number of rotatable bonds is 5. The smallest absolute Gasteiger partial charge is 0.335 e. The zero-order valence-corrected chi connectivity index (χ0v) is 7.73. The van der Waals surface area contributed by atoms with Crippen LogP contribution in [-0.4, -0.2) is 33.9 Å². The molecule has 0 saturated heterocycles. The first-order valence-electron chi connectivity index (χ1n) is 3.95. The van der Waals surface area contributed by atoms with Gasteiger partial charge < -0.3 is 15.3 Å². The summed E-state index contributed by atoms with van der Waals surface area (Å²) in [5.41, 5.74) is -0.185. The Hall–Kier alpha value is -1.62. The summed E-state index contributed by atoms with van der Waals surface area (Å²) in [5.74, 6) is -2.37. The second kappa shape index (κ2) is 5.93. The third-order valence-corrected chi connectivity index (χ3v) is 1.45. The van der Waals surface area contributed by atoms with Gasteiger partial charge >= 0.3 is 11.9 Å². The predicted molar refractivity (Wildman–Crippen MR) is 48.8 cm³/mol. The number of carboxylic acid groups (broad SMARTS) is 2. The topological polar surface area (TPSA) is 94.8 Å². The summed E-state index contributed by atoms with van der Waals surface area (Å²) in [6, 6.07) is 0. The Labute approximate surface area is 81.0 Å². The molecule has 0 aromatic carbocycles. The summed E-state index contributed by atoms with van der Waals surface area (Å²) in [6.45, 7) is 1.13. The maximum atomic E-state index is 10.6. The Kier molecular flexibility index (Phi) is 5.24. The lowest BCUT2D eigenvalue weighted by molar-refractivity contribution is -0.132. The molecule has 0 unspecified atom stereocenters. The van der Waals surface area contributed by atoms with Crippen LogP contribution in [0.2, 0.25) is 0 Å². The molecule has 0 aliphatic rings. The molecule has 14 heavy (non-hydrogen) atoms. The Morgan fingerprint density at radius 1 is 1.21 bits per heavy atom. The summed E-state index contributed by atoms with van der Waals surface area (Å²) in [7, 11) is 0. The van der Waals surface area contributed by atoms with Crippen LogP contribution in [0.4, 0.5) is 0 Å². The fourth-order valence-corrected chi connectivity index (χ4v) is 0.723. The van der Waals surface area contributed by atoms with Crippen molar-refractivity contribution in [1.29, 1.82) is 0 Å². The quantitative estimate of drug-likeness (QED) is 0.441. The van der Waals surface area contributed by atoms with E-state index in [-0.39, 0.29) is 24.2 Å². The van der Waals surface area contributed by atoms with Gasteiger partial charge in [-0.1, -0.05) is 6.08 Å². The van der Waals surface area contributed by atoms with Crippen LogP contribution in [0.25, 0.3) is 0 Å². The van der Waals surface area contributed by atoms with Crippen LogP contribution in [-0.2, 0) is 9.59 Å².